The SMILES string of the molecule is CC#CCOCC1CCN(S(=O)(=O)CC(CCCc2ncccn2)N(O)C=O)CC1. The van der Waals surface area contributed by atoms with Crippen LogP contribution in [0.25, 0.3) is 0 Å². The third kappa shape index (κ3) is 7.99. The molecule has 0 aromatic carbocycles. The molecule has 0 aliphatic carbocycles. The van der Waals surface area contributed by atoms with Gasteiger partial charge in [-0.25, -0.2) is 27.8 Å². The minimum atomic E-state index is -3.61. The number of rotatable bonds is 12. The molecule has 0 bridgehead atoms. The predicted molar refractivity (Wildman–Crippen MR) is 111 cm³/mol. The van der Waals surface area contributed by atoms with E-state index >= 15 is 0 Å². The normalized spacial score (nSPS) is 16.5. The van der Waals surface area contributed by atoms with Gasteiger partial charge in [0.15, 0.2) is 0 Å². The number of aromatic nitrogens is 2. The number of hydroxylamine groups is 2. The summed E-state index contributed by atoms with van der Waals surface area (Å²) in [5.74, 6) is 6.25. The maximum atomic E-state index is 12.9. The highest BCUT2D eigenvalue weighted by Crippen LogP contribution is 2.21. The highest BCUT2D eigenvalue weighted by atomic mass is 32.2. The molecule has 1 aliphatic rings. The molecule has 1 fully saturated rings. The van der Waals surface area contributed by atoms with Crippen molar-refractivity contribution >= 4 is 16.4 Å². The van der Waals surface area contributed by atoms with Gasteiger partial charge in [-0.2, -0.15) is 0 Å². The van der Waals surface area contributed by atoms with Gasteiger partial charge >= 0.3 is 0 Å². The summed E-state index contributed by atoms with van der Waals surface area (Å²) in [5, 5.41) is 10.3. The molecule has 1 saturated heterocycles. The monoisotopic (exact) mass is 438 g/mol. The third-order valence-electron chi connectivity index (χ3n) is 5.11. The van der Waals surface area contributed by atoms with Gasteiger partial charge in [-0.05, 0) is 44.6 Å². The van der Waals surface area contributed by atoms with Crippen LogP contribution >= 0.6 is 0 Å². The van der Waals surface area contributed by atoms with E-state index in [0.717, 1.165) is 0 Å². The van der Waals surface area contributed by atoms with E-state index < -0.39 is 16.1 Å². The molecular weight excluding hydrogens is 408 g/mol. The zero-order valence-corrected chi connectivity index (χ0v) is 18.1. The van der Waals surface area contributed by atoms with Crippen molar-refractivity contribution < 1.29 is 23.2 Å². The van der Waals surface area contributed by atoms with Crippen LogP contribution in [-0.2, 0) is 26.0 Å². The summed E-state index contributed by atoms with van der Waals surface area (Å²) in [6, 6.07) is 0.903. The average molecular weight is 439 g/mol. The number of carbonyl (C=O) groups is 1. The molecule has 2 rings (SSSR count). The van der Waals surface area contributed by atoms with E-state index in [1.807, 2.05) is 0 Å². The second-order valence-corrected chi connectivity index (χ2v) is 9.27. The lowest BCUT2D eigenvalue weighted by Gasteiger charge is -2.32. The van der Waals surface area contributed by atoms with Gasteiger partial charge in [-0.3, -0.25) is 10.0 Å². The lowest BCUT2D eigenvalue weighted by Crippen LogP contribution is -2.46. The van der Waals surface area contributed by atoms with Crippen molar-refractivity contribution in [1.29, 1.82) is 0 Å². The number of nitrogens with zero attached hydrogens (tertiary/aromatic N) is 4. The Kier molecular flexibility index (Phi) is 10.2. The molecule has 1 unspecified atom stereocenters. The number of ether oxygens (including phenoxy) is 1. The van der Waals surface area contributed by atoms with E-state index in [0.29, 0.717) is 75.2 Å². The van der Waals surface area contributed by atoms with Crippen molar-refractivity contribution in [3.8, 4) is 11.8 Å². The van der Waals surface area contributed by atoms with Gasteiger partial charge in [0.2, 0.25) is 16.4 Å². The van der Waals surface area contributed by atoms with E-state index in [2.05, 4.69) is 21.8 Å². The first-order valence-corrected chi connectivity index (χ1v) is 11.7. The molecule has 166 valence electrons. The molecule has 1 aromatic rings. The minimum absolute atomic E-state index is 0.252. The van der Waals surface area contributed by atoms with Crippen LogP contribution in [0.4, 0.5) is 0 Å². The molecule has 10 heteroatoms. The summed E-state index contributed by atoms with van der Waals surface area (Å²) in [7, 11) is -3.61. The average Bonchev–Trinajstić information content (AvgIpc) is 2.76. The predicted octanol–water partition coefficient (Wildman–Crippen LogP) is 1.10. The molecule has 0 spiro atoms. The Morgan fingerprint density at radius 3 is 2.70 bits per heavy atom. The second kappa shape index (κ2) is 12.6. The Hall–Kier alpha value is -2.06. The molecule has 1 aromatic heterocycles. The number of carbonyl (C=O) groups excluding carboxylic acids is 1. The Morgan fingerprint density at radius 2 is 2.07 bits per heavy atom. The summed E-state index contributed by atoms with van der Waals surface area (Å²) in [6.45, 7) is 3.54. The minimum Gasteiger partial charge on any atom is -0.368 e. The fourth-order valence-corrected chi connectivity index (χ4v) is 5.17. The number of hydrogen-bond donors (Lipinski definition) is 1. The summed E-state index contributed by atoms with van der Waals surface area (Å²) < 4.78 is 32.6. The molecule has 2 heterocycles. The molecule has 0 saturated carbocycles. The van der Waals surface area contributed by atoms with Crippen molar-refractivity contribution in [2.45, 2.75) is 45.1 Å². The van der Waals surface area contributed by atoms with Crippen LogP contribution < -0.4 is 0 Å². The molecule has 1 aliphatic heterocycles. The van der Waals surface area contributed by atoms with Crippen LogP contribution in [0.15, 0.2) is 18.5 Å². The third-order valence-corrected chi connectivity index (χ3v) is 7.07. The largest absolute Gasteiger partial charge is 0.368 e. The van der Waals surface area contributed by atoms with Crippen LogP contribution in [0.2, 0.25) is 0 Å². The molecular formula is C20H30N4O5S. The zero-order chi connectivity index (χ0) is 21.8. The number of sulfonamides is 1. The number of hydrogen-bond acceptors (Lipinski definition) is 7. The van der Waals surface area contributed by atoms with Crippen LogP contribution in [0.1, 0.15) is 38.4 Å². The summed E-state index contributed by atoms with van der Waals surface area (Å²) >= 11 is 0. The first-order chi connectivity index (χ1) is 14.5. The number of piperidine rings is 1. The van der Waals surface area contributed by atoms with Crippen molar-refractivity contribution in [3.05, 3.63) is 24.3 Å². The Morgan fingerprint density at radius 1 is 1.37 bits per heavy atom. The van der Waals surface area contributed by atoms with Crippen molar-refractivity contribution in [2.75, 3.05) is 32.1 Å². The van der Waals surface area contributed by atoms with Gasteiger partial charge in [-0.1, -0.05) is 5.92 Å². The fourth-order valence-electron chi connectivity index (χ4n) is 3.38. The quantitative estimate of drug-likeness (QED) is 0.171. The van der Waals surface area contributed by atoms with E-state index in [4.69, 9.17) is 4.74 Å². The molecule has 30 heavy (non-hydrogen) atoms. The molecule has 1 atom stereocenters. The summed E-state index contributed by atoms with van der Waals surface area (Å²) in [6.07, 6.45) is 6.38. The van der Waals surface area contributed by atoms with Crippen LogP contribution in [0, 0.1) is 17.8 Å². The van der Waals surface area contributed by atoms with E-state index in [1.165, 1.54) is 4.31 Å². The topological polar surface area (TPSA) is 113 Å². The molecule has 1 amide bonds. The van der Waals surface area contributed by atoms with Crippen molar-refractivity contribution in [1.82, 2.24) is 19.3 Å². The van der Waals surface area contributed by atoms with Gasteiger partial charge in [0.1, 0.15) is 12.4 Å². The maximum Gasteiger partial charge on any atom is 0.233 e. The van der Waals surface area contributed by atoms with Gasteiger partial charge in [0.05, 0.1) is 18.4 Å². The summed E-state index contributed by atoms with van der Waals surface area (Å²) in [5.41, 5.74) is 0. The van der Waals surface area contributed by atoms with Gasteiger partial charge in [0, 0.05) is 31.9 Å². The number of aryl methyl sites for hydroxylation is 1. The van der Waals surface area contributed by atoms with Crippen LogP contribution in [-0.4, -0.2) is 77.5 Å². The van der Waals surface area contributed by atoms with Gasteiger partial charge < -0.3 is 4.74 Å². The van der Waals surface area contributed by atoms with Crippen molar-refractivity contribution in [3.63, 3.8) is 0 Å². The first kappa shape index (κ1) is 24.2. The maximum absolute atomic E-state index is 12.9. The smallest absolute Gasteiger partial charge is 0.233 e. The van der Waals surface area contributed by atoms with E-state index in [1.54, 1.807) is 25.4 Å². The van der Waals surface area contributed by atoms with E-state index in [-0.39, 0.29) is 12.2 Å². The van der Waals surface area contributed by atoms with Crippen molar-refractivity contribution in [2.24, 2.45) is 5.92 Å². The summed E-state index contributed by atoms with van der Waals surface area (Å²) in [4.78, 5) is 19.3. The number of amides is 1. The molecule has 0 radical (unpaired) electrons. The van der Waals surface area contributed by atoms with Gasteiger partial charge in [0.25, 0.3) is 0 Å². The van der Waals surface area contributed by atoms with Crippen LogP contribution in [0.5, 0.6) is 0 Å². The highest BCUT2D eigenvalue weighted by molar-refractivity contribution is 7.89. The highest BCUT2D eigenvalue weighted by Gasteiger charge is 2.32. The Balaban J connectivity index is 1.84. The first-order valence-electron chi connectivity index (χ1n) is 10.1. The zero-order valence-electron chi connectivity index (χ0n) is 17.3. The van der Waals surface area contributed by atoms with Crippen LogP contribution in [0.3, 0.4) is 0 Å². The molecule has 9 nitrogen and oxygen atoms in total. The second-order valence-electron chi connectivity index (χ2n) is 7.26. The fraction of sp³-hybridized carbons (Fsp3) is 0.650. The standard InChI is InChI=1S/C20H30N4O5S/c1-2-3-14-29-15-18-8-12-23(13-9-18)30(27,28)16-19(24(26)17-25)6-4-7-20-21-10-5-11-22-20/h5,10-11,17-19,26H,4,6-9,12-16H2,1H3. The lowest BCUT2D eigenvalue weighted by atomic mass is 9.99. The Labute approximate surface area is 178 Å². The molecule has 1 N–H and O–H groups in total. The Bertz CT molecular complexity index is 801. The van der Waals surface area contributed by atoms with E-state index in [9.17, 15) is 18.4 Å². The lowest BCUT2D eigenvalue weighted by molar-refractivity contribution is -0.158. The van der Waals surface area contributed by atoms with Gasteiger partial charge in [-0.15, -0.1) is 5.92 Å².